The van der Waals surface area contributed by atoms with E-state index in [2.05, 4.69) is 17.2 Å². The Labute approximate surface area is 144 Å². The monoisotopic (exact) mass is 337 g/mol. The van der Waals surface area contributed by atoms with E-state index in [9.17, 15) is 9.59 Å². The van der Waals surface area contributed by atoms with Crippen LogP contribution in [0.15, 0.2) is 51.8 Å². The van der Waals surface area contributed by atoms with Gasteiger partial charge in [-0.2, -0.15) is 0 Å². The summed E-state index contributed by atoms with van der Waals surface area (Å²) in [6.07, 6.45) is 2.41. The molecule has 0 bridgehead atoms. The first kappa shape index (κ1) is 15.6. The van der Waals surface area contributed by atoms with Crippen LogP contribution in [0.1, 0.15) is 30.8 Å². The fraction of sp³-hybridized carbons (Fsp3) is 0.316. The van der Waals surface area contributed by atoms with E-state index in [0.717, 1.165) is 17.9 Å². The van der Waals surface area contributed by atoms with Gasteiger partial charge in [0.15, 0.2) is 0 Å². The molecule has 2 atom stereocenters. The summed E-state index contributed by atoms with van der Waals surface area (Å²) in [5.74, 6) is 2.69. The Morgan fingerprint density at radius 1 is 1.32 bits per heavy atom. The van der Waals surface area contributed by atoms with Crippen molar-refractivity contribution in [3.8, 4) is 0 Å². The molecule has 1 aliphatic rings. The SMILES string of the molecule is C[C@H]1C[C@H]1c1ccc(CNC(=O)Cn2c(=O)cnc3ccccc32)o1. The second-order valence-corrected chi connectivity index (χ2v) is 6.57. The van der Waals surface area contributed by atoms with Crippen molar-refractivity contribution in [3.63, 3.8) is 0 Å². The standard InChI is InChI=1S/C19H19N3O3/c1-12-8-14(12)17-7-6-13(25-17)9-21-18(23)11-22-16-5-3-2-4-15(16)20-10-19(22)24/h2-7,10,12,14H,8-9,11H2,1H3,(H,21,23)/t12-,14+/m0/s1. The highest BCUT2D eigenvalue weighted by Gasteiger charge is 2.36. The molecule has 0 radical (unpaired) electrons. The first-order valence-electron chi connectivity index (χ1n) is 8.41. The van der Waals surface area contributed by atoms with E-state index in [1.165, 1.54) is 10.8 Å². The number of aromatic nitrogens is 2. The number of nitrogens with one attached hydrogen (secondary N) is 1. The Morgan fingerprint density at radius 3 is 2.92 bits per heavy atom. The molecule has 6 heteroatoms. The Bertz CT molecular complexity index is 989. The maximum absolute atomic E-state index is 12.3. The molecule has 1 aromatic carbocycles. The molecule has 1 fully saturated rings. The predicted octanol–water partition coefficient (Wildman–Crippen LogP) is 2.43. The largest absolute Gasteiger partial charge is 0.464 e. The van der Waals surface area contributed by atoms with Gasteiger partial charge in [-0.15, -0.1) is 0 Å². The molecule has 25 heavy (non-hydrogen) atoms. The molecule has 1 saturated carbocycles. The molecule has 4 rings (SSSR count). The zero-order valence-electron chi connectivity index (χ0n) is 13.9. The average molecular weight is 337 g/mol. The third-order valence-electron chi connectivity index (χ3n) is 4.67. The van der Waals surface area contributed by atoms with Gasteiger partial charge in [-0.1, -0.05) is 19.1 Å². The van der Waals surface area contributed by atoms with E-state index in [1.54, 1.807) is 6.07 Å². The van der Waals surface area contributed by atoms with Gasteiger partial charge in [0.25, 0.3) is 5.56 Å². The molecule has 1 N–H and O–H groups in total. The summed E-state index contributed by atoms with van der Waals surface area (Å²) in [6.45, 7) is 2.47. The number of hydrogen-bond acceptors (Lipinski definition) is 4. The van der Waals surface area contributed by atoms with Crippen molar-refractivity contribution in [2.75, 3.05) is 0 Å². The van der Waals surface area contributed by atoms with Crippen molar-refractivity contribution in [2.24, 2.45) is 5.92 Å². The third-order valence-corrected chi connectivity index (χ3v) is 4.67. The van der Waals surface area contributed by atoms with Gasteiger partial charge in [0.1, 0.15) is 18.1 Å². The summed E-state index contributed by atoms with van der Waals surface area (Å²) >= 11 is 0. The van der Waals surface area contributed by atoms with Crippen LogP contribution in [0.25, 0.3) is 11.0 Å². The zero-order valence-corrected chi connectivity index (χ0v) is 13.9. The summed E-state index contributed by atoms with van der Waals surface area (Å²) in [7, 11) is 0. The number of fused-ring (bicyclic) bond motifs is 1. The number of amides is 1. The normalized spacial score (nSPS) is 19.1. The first-order valence-corrected chi connectivity index (χ1v) is 8.41. The Balaban J connectivity index is 1.43. The fourth-order valence-corrected chi connectivity index (χ4v) is 3.07. The molecule has 1 aliphatic carbocycles. The van der Waals surface area contributed by atoms with Gasteiger partial charge in [-0.3, -0.25) is 14.2 Å². The molecule has 2 heterocycles. The predicted molar refractivity (Wildman–Crippen MR) is 93.1 cm³/mol. The van der Waals surface area contributed by atoms with Crippen LogP contribution in [0.4, 0.5) is 0 Å². The zero-order chi connectivity index (χ0) is 17.4. The fourth-order valence-electron chi connectivity index (χ4n) is 3.07. The van der Waals surface area contributed by atoms with Gasteiger partial charge < -0.3 is 9.73 Å². The number of benzene rings is 1. The molecule has 1 amide bonds. The van der Waals surface area contributed by atoms with E-state index >= 15 is 0 Å². The van der Waals surface area contributed by atoms with Crippen LogP contribution in [-0.2, 0) is 17.9 Å². The number of para-hydroxylation sites is 2. The molecule has 128 valence electrons. The summed E-state index contributed by atoms with van der Waals surface area (Å²) in [5.41, 5.74) is 1.04. The van der Waals surface area contributed by atoms with Crippen molar-refractivity contribution in [1.29, 1.82) is 0 Å². The van der Waals surface area contributed by atoms with E-state index in [4.69, 9.17) is 4.42 Å². The van der Waals surface area contributed by atoms with Crippen LogP contribution < -0.4 is 10.9 Å². The summed E-state index contributed by atoms with van der Waals surface area (Å²) in [4.78, 5) is 28.4. The molecular formula is C19H19N3O3. The molecular weight excluding hydrogens is 318 g/mol. The van der Waals surface area contributed by atoms with Gasteiger partial charge in [0.2, 0.25) is 5.91 Å². The highest BCUT2D eigenvalue weighted by Crippen LogP contribution is 2.47. The van der Waals surface area contributed by atoms with Gasteiger partial charge in [-0.05, 0) is 36.6 Å². The second-order valence-electron chi connectivity index (χ2n) is 6.57. The van der Waals surface area contributed by atoms with Crippen molar-refractivity contribution < 1.29 is 9.21 Å². The minimum Gasteiger partial charge on any atom is -0.464 e. The number of furan rings is 1. The number of carbonyl (C=O) groups excluding carboxylic acids is 1. The summed E-state index contributed by atoms with van der Waals surface area (Å²) in [5, 5.41) is 2.81. The minimum absolute atomic E-state index is 0.0465. The quantitative estimate of drug-likeness (QED) is 0.776. The van der Waals surface area contributed by atoms with E-state index in [0.29, 0.717) is 29.4 Å². The second kappa shape index (κ2) is 6.20. The number of rotatable bonds is 5. The van der Waals surface area contributed by atoms with Gasteiger partial charge >= 0.3 is 0 Å². The lowest BCUT2D eigenvalue weighted by Gasteiger charge is -2.09. The van der Waals surface area contributed by atoms with Gasteiger partial charge in [0.05, 0.1) is 23.8 Å². The first-order chi connectivity index (χ1) is 12.1. The Kier molecular flexibility index (Phi) is 3.87. The lowest BCUT2D eigenvalue weighted by Crippen LogP contribution is -2.32. The topological polar surface area (TPSA) is 77.1 Å². The highest BCUT2D eigenvalue weighted by atomic mass is 16.3. The smallest absolute Gasteiger partial charge is 0.269 e. The molecule has 6 nitrogen and oxygen atoms in total. The number of carbonyl (C=O) groups is 1. The maximum Gasteiger partial charge on any atom is 0.269 e. The van der Waals surface area contributed by atoms with Crippen molar-refractivity contribution in [2.45, 2.75) is 32.4 Å². The molecule has 0 aliphatic heterocycles. The molecule has 3 aromatic rings. The minimum atomic E-state index is -0.295. The molecule has 0 unspecified atom stereocenters. The maximum atomic E-state index is 12.3. The van der Waals surface area contributed by atoms with Crippen LogP contribution in [0, 0.1) is 5.92 Å². The van der Waals surface area contributed by atoms with Gasteiger partial charge in [0, 0.05) is 5.92 Å². The summed E-state index contributed by atoms with van der Waals surface area (Å²) in [6, 6.07) is 11.1. The van der Waals surface area contributed by atoms with Crippen LogP contribution >= 0.6 is 0 Å². The van der Waals surface area contributed by atoms with E-state index in [-0.39, 0.29) is 18.0 Å². The third kappa shape index (κ3) is 3.20. The molecule has 2 aromatic heterocycles. The molecule has 0 spiro atoms. The van der Waals surface area contributed by atoms with Crippen LogP contribution in [0.3, 0.4) is 0 Å². The Morgan fingerprint density at radius 2 is 2.12 bits per heavy atom. The lowest BCUT2D eigenvalue weighted by molar-refractivity contribution is -0.121. The van der Waals surface area contributed by atoms with Crippen LogP contribution in [0.2, 0.25) is 0 Å². The highest BCUT2D eigenvalue weighted by molar-refractivity contribution is 5.79. The van der Waals surface area contributed by atoms with Crippen LogP contribution in [0.5, 0.6) is 0 Å². The van der Waals surface area contributed by atoms with E-state index in [1.807, 2.05) is 30.3 Å². The van der Waals surface area contributed by atoms with Crippen molar-refractivity contribution >= 4 is 16.9 Å². The number of nitrogens with zero attached hydrogens (tertiary/aromatic N) is 2. The Hall–Kier alpha value is -2.89. The summed E-state index contributed by atoms with van der Waals surface area (Å²) < 4.78 is 7.21. The van der Waals surface area contributed by atoms with Crippen molar-refractivity contribution in [3.05, 3.63) is 64.5 Å². The van der Waals surface area contributed by atoms with Crippen LogP contribution in [-0.4, -0.2) is 15.5 Å². The lowest BCUT2D eigenvalue weighted by atomic mass is 10.3. The average Bonchev–Trinajstić information content (AvgIpc) is 3.16. The van der Waals surface area contributed by atoms with E-state index < -0.39 is 0 Å². The molecule has 0 saturated heterocycles. The van der Waals surface area contributed by atoms with Gasteiger partial charge in [-0.25, -0.2) is 4.98 Å². The number of hydrogen-bond donors (Lipinski definition) is 1. The van der Waals surface area contributed by atoms with Crippen molar-refractivity contribution in [1.82, 2.24) is 14.9 Å².